The van der Waals surface area contributed by atoms with E-state index in [2.05, 4.69) is 11.1 Å². The van der Waals surface area contributed by atoms with Crippen LogP contribution >= 0.6 is 0 Å². The average molecular weight is 256 g/mol. The zero-order chi connectivity index (χ0) is 13.5. The van der Waals surface area contributed by atoms with Crippen molar-refractivity contribution < 1.29 is 4.79 Å². The molecule has 0 spiro atoms. The Bertz CT molecular complexity index is 444. The molecule has 1 fully saturated rings. The van der Waals surface area contributed by atoms with Gasteiger partial charge in [-0.25, -0.2) is 0 Å². The number of hydrogen-bond donors (Lipinski definition) is 0. The van der Waals surface area contributed by atoms with Gasteiger partial charge in [0.05, 0.1) is 6.07 Å². The van der Waals surface area contributed by atoms with Crippen molar-refractivity contribution in [2.45, 2.75) is 50.9 Å². The third-order valence-corrected chi connectivity index (χ3v) is 4.01. The number of pyridine rings is 1. The molecule has 1 aromatic rings. The van der Waals surface area contributed by atoms with Gasteiger partial charge in [0.25, 0.3) is 0 Å². The van der Waals surface area contributed by atoms with Crippen LogP contribution in [0.2, 0.25) is 0 Å². The lowest BCUT2D eigenvalue weighted by Gasteiger charge is -2.21. The molecule has 3 heteroatoms. The molecule has 100 valence electrons. The van der Waals surface area contributed by atoms with E-state index < -0.39 is 5.92 Å². The lowest BCUT2D eigenvalue weighted by Crippen LogP contribution is -2.14. The Morgan fingerprint density at radius 3 is 2.63 bits per heavy atom. The number of nitrogens with zero attached hydrogens (tertiary/aromatic N) is 2. The predicted molar refractivity (Wildman–Crippen MR) is 73.4 cm³/mol. The van der Waals surface area contributed by atoms with Gasteiger partial charge in [-0.3, -0.25) is 9.78 Å². The number of ketones is 1. The monoisotopic (exact) mass is 256 g/mol. The van der Waals surface area contributed by atoms with Crippen molar-refractivity contribution in [2.24, 2.45) is 5.92 Å². The van der Waals surface area contributed by atoms with Crippen molar-refractivity contribution in [1.29, 1.82) is 5.26 Å². The summed E-state index contributed by atoms with van der Waals surface area (Å²) in [6, 6.07) is 5.64. The maximum absolute atomic E-state index is 12.2. The summed E-state index contributed by atoms with van der Waals surface area (Å²) in [7, 11) is 0. The van der Waals surface area contributed by atoms with Crippen molar-refractivity contribution in [3.8, 4) is 6.07 Å². The first-order valence-corrected chi connectivity index (χ1v) is 7.13. The van der Waals surface area contributed by atoms with E-state index in [9.17, 15) is 10.1 Å². The largest absolute Gasteiger partial charge is 0.298 e. The van der Waals surface area contributed by atoms with Crippen LogP contribution in [0.3, 0.4) is 0 Å². The number of carbonyl (C=O) groups is 1. The second kappa shape index (κ2) is 7.04. The molecule has 0 bridgehead atoms. The topological polar surface area (TPSA) is 53.8 Å². The lowest BCUT2D eigenvalue weighted by atomic mass is 9.84. The van der Waals surface area contributed by atoms with Gasteiger partial charge in [-0.15, -0.1) is 0 Å². The van der Waals surface area contributed by atoms with E-state index in [0.29, 0.717) is 12.3 Å². The molecule has 19 heavy (non-hydrogen) atoms. The molecule has 0 radical (unpaired) electrons. The SMILES string of the molecule is N#CC(C(=O)CCC1CCCCC1)c1ccncc1. The quantitative estimate of drug-likeness (QED) is 0.808. The highest BCUT2D eigenvalue weighted by Gasteiger charge is 2.21. The predicted octanol–water partition coefficient (Wildman–Crippen LogP) is 3.62. The Morgan fingerprint density at radius 1 is 1.32 bits per heavy atom. The Hall–Kier alpha value is -1.69. The van der Waals surface area contributed by atoms with Gasteiger partial charge < -0.3 is 0 Å². The average Bonchev–Trinajstić information content (AvgIpc) is 2.48. The van der Waals surface area contributed by atoms with E-state index in [1.807, 2.05) is 0 Å². The molecule has 0 aliphatic heterocycles. The molecule has 1 unspecified atom stereocenters. The molecule has 0 aromatic carbocycles. The summed E-state index contributed by atoms with van der Waals surface area (Å²) < 4.78 is 0. The molecule has 1 atom stereocenters. The zero-order valence-corrected chi connectivity index (χ0v) is 11.2. The van der Waals surface area contributed by atoms with Gasteiger partial charge in [-0.05, 0) is 30.0 Å². The Labute approximate surface area is 114 Å². The van der Waals surface area contributed by atoms with Crippen molar-refractivity contribution in [3.05, 3.63) is 30.1 Å². The Balaban J connectivity index is 1.89. The van der Waals surface area contributed by atoms with Crippen molar-refractivity contribution in [3.63, 3.8) is 0 Å². The molecule has 2 rings (SSSR count). The van der Waals surface area contributed by atoms with Crippen molar-refractivity contribution >= 4 is 5.78 Å². The molecule has 1 heterocycles. The molecule has 0 saturated heterocycles. The molecule has 3 nitrogen and oxygen atoms in total. The van der Waals surface area contributed by atoms with Gasteiger partial charge in [0, 0.05) is 18.8 Å². The van der Waals surface area contributed by atoms with Gasteiger partial charge in [-0.1, -0.05) is 32.1 Å². The fraction of sp³-hybridized carbons (Fsp3) is 0.562. The van der Waals surface area contributed by atoms with E-state index in [-0.39, 0.29) is 5.78 Å². The minimum Gasteiger partial charge on any atom is -0.298 e. The minimum atomic E-state index is -0.619. The Kier molecular flexibility index (Phi) is 5.09. The van der Waals surface area contributed by atoms with Crippen LogP contribution in [-0.2, 0) is 4.79 Å². The molecular formula is C16H20N2O. The maximum Gasteiger partial charge on any atom is 0.154 e. The summed E-state index contributed by atoms with van der Waals surface area (Å²) >= 11 is 0. The normalized spacial score (nSPS) is 17.6. The van der Waals surface area contributed by atoms with E-state index in [4.69, 9.17) is 0 Å². The fourth-order valence-electron chi connectivity index (χ4n) is 2.85. The van der Waals surface area contributed by atoms with Crippen molar-refractivity contribution in [1.82, 2.24) is 4.98 Å². The highest BCUT2D eigenvalue weighted by Crippen LogP contribution is 2.28. The number of carbonyl (C=O) groups excluding carboxylic acids is 1. The lowest BCUT2D eigenvalue weighted by molar-refractivity contribution is -0.119. The molecule has 0 N–H and O–H groups in total. The second-order valence-electron chi connectivity index (χ2n) is 5.35. The van der Waals surface area contributed by atoms with E-state index in [1.54, 1.807) is 24.5 Å². The standard InChI is InChI=1S/C16H20N2O/c17-12-15(14-8-10-18-11-9-14)16(19)7-6-13-4-2-1-3-5-13/h8-11,13,15H,1-7H2. The minimum absolute atomic E-state index is 0.0549. The maximum atomic E-state index is 12.2. The van der Waals surface area contributed by atoms with E-state index >= 15 is 0 Å². The van der Waals surface area contributed by atoms with Gasteiger partial charge in [0.15, 0.2) is 5.78 Å². The van der Waals surface area contributed by atoms with Crippen LogP contribution in [0.15, 0.2) is 24.5 Å². The first-order valence-electron chi connectivity index (χ1n) is 7.13. The number of aromatic nitrogens is 1. The van der Waals surface area contributed by atoms with E-state index in [1.165, 1.54) is 32.1 Å². The van der Waals surface area contributed by atoms with Crippen LogP contribution in [0, 0.1) is 17.2 Å². The highest BCUT2D eigenvalue weighted by atomic mass is 16.1. The molecule has 1 aromatic heterocycles. The Morgan fingerprint density at radius 2 is 2.00 bits per heavy atom. The first kappa shape index (κ1) is 13.7. The number of rotatable bonds is 5. The number of nitriles is 1. The smallest absolute Gasteiger partial charge is 0.154 e. The van der Waals surface area contributed by atoms with Crippen LogP contribution in [0.1, 0.15) is 56.4 Å². The van der Waals surface area contributed by atoms with Crippen molar-refractivity contribution in [2.75, 3.05) is 0 Å². The first-order chi connectivity index (χ1) is 9.31. The third-order valence-electron chi connectivity index (χ3n) is 4.01. The van der Waals surface area contributed by atoms with Crippen LogP contribution in [0.25, 0.3) is 0 Å². The second-order valence-corrected chi connectivity index (χ2v) is 5.35. The van der Waals surface area contributed by atoms with E-state index in [0.717, 1.165) is 12.0 Å². The van der Waals surface area contributed by atoms with Gasteiger partial charge in [0.1, 0.15) is 5.92 Å². The van der Waals surface area contributed by atoms with Gasteiger partial charge in [-0.2, -0.15) is 5.26 Å². The van der Waals surface area contributed by atoms with Crippen LogP contribution in [0.4, 0.5) is 0 Å². The fourth-order valence-corrected chi connectivity index (χ4v) is 2.85. The van der Waals surface area contributed by atoms with Gasteiger partial charge in [0.2, 0.25) is 0 Å². The zero-order valence-electron chi connectivity index (χ0n) is 11.2. The molecule has 1 aliphatic rings. The van der Waals surface area contributed by atoms with Crippen LogP contribution in [0.5, 0.6) is 0 Å². The van der Waals surface area contributed by atoms with Crippen LogP contribution in [-0.4, -0.2) is 10.8 Å². The van der Waals surface area contributed by atoms with Crippen LogP contribution < -0.4 is 0 Å². The summed E-state index contributed by atoms with van der Waals surface area (Å²) in [6.07, 6.45) is 11.2. The summed E-state index contributed by atoms with van der Waals surface area (Å²) in [4.78, 5) is 16.1. The molecule has 0 amide bonds. The summed E-state index contributed by atoms with van der Waals surface area (Å²) in [5.41, 5.74) is 0.770. The summed E-state index contributed by atoms with van der Waals surface area (Å²) in [6.45, 7) is 0. The number of hydrogen-bond acceptors (Lipinski definition) is 3. The highest BCUT2D eigenvalue weighted by molar-refractivity contribution is 5.88. The molecule has 1 saturated carbocycles. The number of Topliss-reactive ketones (excluding diaryl/α,β-unsaturated/α-hetero) is 1. The van der Waals surface area contributed by atoms with Gasteiger partial charge >= 0.3 is 0 Å². The molecule has 1 aliphatic carbocycles. The summed E-state index contributed by atoms with van der Waals surface area (Å²) in [5.74, 6) is 0.125. The summed E-state index contributed by atoms with van der Waals surface area (Å²) in [5, 5.41) is 9.20. The third kappa shape index (κ3) is 3.89. The molecular weight excluding hydrogens is 236 g/mol.